The Morgan fingerprint density at radius 2 is 1.96 bits per heavy atom. The summed E-state index contributed by atoms with van der Waals surface area (Å²) in [7, 11) is 0. The molecular weight excluding hydrogens is 363 g/mol. The van der Waals surface area contributed by atoms with Gasteiger partial charge in [0.1, 0.15) is 12.7 Å². The molecule has 0 fully saturated rings. The van der Waals surface area contributed by atoms with E-state index >= 15 is 0 Å². The highest BCUT2D eigenvalue weighted by Gasteiger charge is 2.37. The molecule has 0 saturated heterocycles. The van der Waals surface area contributed by atoms with Crippen LogP contribution in [0.3, 0.4) is 0 Å². The maximum Gasteiger partial charge on any atom is 0.336 e. The van der Waals surface area contributed by atoms with Gasteiger partial charge in [0.15, 0.2) is 6.10 Å². The van der Waals surface area contributed by atoms with Gasteiger partial charge in [-0.2, -0.15) is 0 Å². The molecule has 1 heterocycles. The van der Waals surface area contributed by atoms with Crippen molar-refractivity contribution in [2.45, 2.75) is 34.9 Å². The lowest BCUT2D eigenvalue weighted by Gasteiger charge is -2.32. The van der Waals surface area contributed by atoms with Crippen molar-refractivity contribution in [3.63, 3.8) is 0 Å². The van der Waals surface area contributed by atoms with E-state index in [1.807, 2.05) is 36.4 Å². The fraction of sp³-hybridized carbons (Fsp3) is 0.438. The van der Waals surface area contributed by atoms with Gasteiger partial charge in [0.25, 0.3) is 0 Å². The monoisotopic (exact) mass is 378 g/mol. The molecule has 0 saturated carbocycles. The van der Waals surface area contributed by atoms with Crippen molar-refractivity contribution in [3.05, 3.63) is 48.0 Å². The van der Waals surface area contributed by atoms with Crippen LogP contribution >= 0.6 is 34.8 Å². The van der Waals surface area contributed by atoms with Crippen molar-refractivity contribution in [2.75, 3.05) is 6.61 Å². The van der Waals surface area contributed by atoms with Gasteiger partial charge in [-0.05, 0) is 12.5 Å². The summed E-state index contributed by atoms with van der Waals surface area (Å²) in [6.07, 6.45) is 1.29. The van der Waals surface area contributed by atoms with Crippen LogP contribution in [0.25, 0.3) is 0 Å². The normalized spacial score (nSPS) is 25.9. The van der Waals surface area contributed by atoms with E-state index in [2.05, 4.69) is 0 Å². The lowest BCUT2D eigenvalue weighted by atomic mass is 9.90. The summed E-state index contributed by atoms with van der Waals surface area (Å²) in [4.78, 5) is 12.4. The predicted molar refractivity (Wildman–Crippen MR) is 89.9 cm³/mol. The summed E-state index contributed by atoms with van der Waals surface area (Å²) in [5.74, 6) is -0.978. The highest BCUT2D eigenvalue weighted by atomic mass is 35.6. The fourth-order valence-corrected chi connectivity index (χ4v) is 2.47. The number of hydrogen-bond donors (Lipinski definition) is 1. The Hall–Kier alpha value is -0.780. The number of esters is 1. The van der Waals surface area contributed by atoms with Crippen LogP contribution in [0.4, 0.5) is 0 Å². The zero-order valence-electron chi connectivity index (χ0n) is 12.4. The van der Waals surface area contributed by atoms with Crippen LogP contribution in [0, 0.1) is 0 Å². The largest absolute Gasteiger partial charge is 0.459 e. The van der Waals surface area contributed by atoms with Crippen LogP contribution < -0.4 is 0 Å². The quantitative estimate of drug-likeness (QED) is 0.495. The molecule has 0 bridgehead atoms. The highest BCUT2D eigenvalue weighted by Crippen LogP contribution is 2.32. The van der Waals surface area contributed by atoms with E-state index in [1.165, 1.54) is 0 Å². The Kier molecular flexibility index (Phi) is 6.34. The number of rotatable bonds is 4. The molecule has 0 aromatic heterocycles. The van der Waals surface area contributed by atoms with E-state index in [-0.39, 0.29) is 12.5 Å². The summed E-state index contributed by atoms with van der Waals surface area (Å²) >= 11 is 16.8. The molecule has 23 heavy (non-hydrogen) atoms. The van der Waals surface area contributed by atoms with Crippen molar-refractivity contribution < 1.29 is 19.4 Å². The Morgan fingerprint density at radius 3 is 2.52 bits per heavy atom. The molecular formula is C16H17Cl3O4. The second kappa shape index (κ2) is 7.86. The smallest absolute Gasteiger partial charge is 0.336 e. The number of alkyl halides is 3. The Balaban J connectivity index is 2.20. The number of ether oxygens (including phenoxy) is 2. The van der Waals surface area contributed by atoms with Crippen LogP contribution in [0.5, 0.6) is 0 Å². The minimum atomic E-state index is -1.69. The van der Waals surface area contributed by atoms with Gasteiger partial charge >= 0.3 is 5.97 Å². The molecule has 1 aromatic carbocycles. The molecule has 4 atom stereocenters. The molecule has 1 aliphatic heterocycles. The third kappa shape index (κ3) is 5.37. The van der Waals surface area contributed by atoms with Gasteiger partial charge in [-0.3, -0.25) is 0 Å². The van der Waals surface area contributed by atoms with E-state index in [1.54, 1.807) is 13.0 Å². The van der Waals surface area contributed by atoms with Gasteiger partial charge in [0.2, 0.25) is 3.79 Å². The summed E-state index contributed by atoms with van der Waals surface area (Å²) in [5.41, 5.74) is 0.892. The maximum absolute atomic E-state index is 12.4. The number of aliphatic hydroxyl groups excluding tert-OH is 1. The average molecular weight is 380 g/mol. The molecule has 1 aliphatic rings. The summed E-state index contributed by atoms with van der Waals surface area (Å²) in [6, 6.07) is 9.39. The molecule has 0 unspecified atom stereocenters. The van der Waals surface area contributed by atoms with E-state index in [9.17, 15) is 9.90 Å². The first-order chi connectivity index (χ1) is 10.8. The molecule has 0 aliphatic carbocycles. The molecule has 0 amide bonds. The van der Waals surface area contributed by atoms with Crippen molar-refractivity contribution in [1.29, 1.82) is 0 Å². The Bertz CT molecular complexity index is 554. The highest BCUT2D eigenvalue weighted by molar-refractivity contribution is 6.67. The third-order valence-corrected chi connectivity index (χ3v) is 3.74. The topological polar surface area (TPSA) is 55.8 Å². The van der Waals surface area contributed by atoms with Crippen LogP contribution in [0.1, 0.15) is 18.4 Å². The molecule has 0 radical (unpaired) electrons. The van der Waals surface area contributed by atoms with Crippen LogP contribution in [0.2, 0.25) is 0 Å². The molecule has 0 spiro atoms. The third-order valence-electron chi connectivity index (χ3n) is 3.41. The van der Waals surface area contributed by atoms with Gasteiger partial charge < -0.3 is 14.6 Å². The molecule has 126 valence electrons. The second-order valence-corrected chi connectivity index (χ2v) is 7.82. The SMILES string of the molecule is C[C@H](O)[C@H]1C=C[C@@H](c2ccccc2)[C@@H](C(=O)OCC(Cl)(Cl)Cl)O1. The number of carbonyl (C=O) groups excluding carboxylic acids is 1. The first-order valence-electron chi connectivity index (χ1n) is 7.08. The predicted octanol–water partition coefficient (Wildman–Crippen LogP) is 3.39. The van der Waals surface area contributed by atoms with Crippen LogP contribution in [0.15, 0.2) is 42.5 Å². The molecule has 1 N–H and O–H groups in total. The average Bonchev–Trinajstić information content (AvgIpc) is 2.52. The lowest BCUT2D eigenvalue weighted by molar-refractivity contribution is -0.164. The van der Waals surface area contributed by atoms with Crippen molar-refractivity contribution in [1.82, 2.24) is 0 Å². The number of hydrogen-bond acceptors (Lipinski definition) is 4. The molecule has 7 heteroatoms. The van der Waals surface area contributed by atoms with Crippen molar-refractivity contribution >= 4 is 40.8 Å². The van der Waals surface area contributed by atoms with E-state index < -0.39 is 28.1 Å². The van der Waals surface area contributed by atoms with Gasteiger partial charge in [-0.15, -0.1) is 0 Å². The Morgan fingerprint density at radius 1 is 1.30 bits per heavy atom. The zero-order valence-corrected chi connectivity index (χ0v) is 14.6. The van der Waals surface area contributed by atoms with Gasteiger partial charge in [-0.1, -0.05) is 77.3 Å². The Labute approximate surface area is 149 Å². The molecule has 2 rings (SSSR count). The van der Waals surface area contributed by atoms with Crippen molar-refractivity contribution in [3.8, 4) is 0 Å². The maximum atomic E-state index is 12.4. The minimum absolute atomic E-state index is 0.339. The van der Waals surface area contributed by atoms with E-state index in [0.29, 0.717) is 0 Å². The number of carbonyl (C=O) groups is 1. The zero-order chi connectivity index (χ0) is 17.0. The van der Waals surface area contributed by atoms with E-state index in [0.717, 1.165) is 5.56 Å². The van der Waals surface area contributed by atoms with Gasteiger partial charge in [-0.25, -0.2) is 4.79 Å². The first kappa shape index (κ1) is 18.6. The van der Waals surface area contributed by atoms with E-state index in [4.69, 9.17) is 44.3 Å². The minimum Gasteiger partial charge on any atom is -0.459 e. The summed E-state index contributed by atoms with van der Waals surface area (Å²) < 4.78 is 9.06. The standard InChI is InChI=1S/C16H17Cl3O4/c1-10(20)13-8-7-12(11-5-3-2-4-6-11)14(23-13)15(21)22-9-16(17,18)19/h2-8,10,12-14,20H,9H2,1H3/t10-,12-,13+,14-/m0/s1. The fourth-order valence-electron chi connectivity index (χ4n) is 2.30. The molecule has 4 nitrogen and oxygen atoms in total. The van der Waals surface area contributed by atoms with Crippen LogP contribution in [-0.4, -0.2) is 39.8 Å². The van der Waals surface area contributed by atoms with Crippen LogP contribution in [-0.2, 0) is 14.3 Å². The lowest BCUT2D eigenvalue weighted by Crippen LogP contribution is -2.42. The summed E-state index contributed by atoms with van der Waals surface area (Å²) in [5, 5.41) is 9.70. The number of benzene rings is 1. The first-order valence-corrected chi connectivity index (χ1v) is 8.21. The van der Waals surface area contributed by atoms with Gasteiger partial charge in [0, 0.05) is 5.92 Å². The van der Waals surface area contributed by atoms with Gasteiger partial charge in [0.05, 0.1) is 6.10 Å². The number of halogens is 3. The number of aliphatic hydroxyl groups is 1. The molecule has 1 aromatic rings. The second-order valence-electron chi connectivity index (χ2n) is 5.31. The van der Waals surface area contributed by atoms with Crippen molar-refractivity contribution in [2.24, 2.45) is 0 Å². The summed E-state index contributed by atoms with van der Waals surface area (Å²) in [6.45, 7) is 1.21.